The second-order valence-corrected chi connectivity index (χ2v) is 8.63. The molecule has 2 amide bonds. The number of nitrogens with zero attached hydrogens (tertiary/aromatic N) is 1. The van der Waals surface area contributed by atoms with Gasteiger partial charge in [-0.2, -0.15) is 27.0 Å². The Morgan fingerprint density at radius 2 is 1.73 bits per heavy atom. The first-order chi connectivity index (χ1) is 17.1. The average Bonchev–Trinajstić information content (AvgIpc) is 3.38. The standard InChI is InChI=1S/C27H32N4O4.2H2S/c1-34-27(33)31-23-13-6-3-7-15-35-16-14-22(30-26(23)32)25-28-18-24(29-25)21-12-8-11-20(17-21)19-9-4-2-5-10-19;;/h2,4-5,8-12,17-18,22-23H,3,6-7,13-16H2,1H3,(H,28,29)(H,30,32)(H,31,33);2*1H2/t22-,23-;;/m0../s1. The van der Waals surface area contributed by atoms with Crippen LogP contribution in [0.4, 0.5) is 4.79 Å². The number of aromatic nitrogens is 2. The molecule has 10 heteroatoms. The second-order valence-electron chi connectivity index (χ2n) is 8.63. The zero-order valence-electron chi connectivity index (χ0n) is 21.0. The van der Waals surface area contributed by atoms with E-state index in [2.05, 4.69) is 44.9 Å². The van der Waals surface area contributed by atoms with Crippen molar-refractivity contribution in [2.24, 2.45) is 0 Å². The molecular formula is C27H36N4O4S2. The Morgan fingerprint density at radius 1 is 0.973 bits per heavy atom. The zero-order chi connectivity index (χ0) is 24.5. The summed E-state index contributed by atoms with van der Waals surface area (Å²) in [5.41, 5.74) is 4.13. The lowest BCUT2D eigenvalue weighted by atomic mass is 10.0. The molecule has 0 bridgehead atoms. The van der Waals surface area contributed by atoms with Crippen molar-refractivity contribution in [2.75, 3.05) is 20.3 Å². The van der Waals surface area contributed by atoms with Gasteiger partial charge in [-0.15, -0.1) is 0 Å². The highest BCUT2D eigenvalue weighted by atomic mass is 32.1. The van der Waals surface area contributed by atoms with Gasteiger partial charge in [0.15, 0.2) is 0 Å². The predicted molar refractivity (Wildman–Crippen MR) is 154 cm³/mol. The summed E-state index contributed by atoms with van der Waals surface area (Å²) in [5.74, 6) is 0.390. The van der Waals surface area contributed by atoms with Crippen LogP contribution in [0, 0.1) is 0 Å². The van der Waals surface area contributed by atoms with Gasteiger partial charge < -0.3 is 25.1 Å². The fourth-order valence-corrected chi connectivity index (χ4v) is 4.21. The van der Waals surface area contributed by atoms with Crippen molar-refractivity contribution in [3.05, 3.63) is 66.6 Å². The topological polar surface area (TPSA) is 105 Å². The molecule has 37 heavy (non-hydrogen) atoms. The minimum atomic E-state index is -0.665. The van der Waals surface area contributed by atoms with Crippen molar-refractivity contribution >= 4 is 39.0 Å². The SMILES string of the molecule is COC(=O)N[C@H]1CCCCCOCC[C@@H](c2ncc(-c3cccc(-c4ccccc4)c3)[nH]2)NC1=O.S.S. The molecular weight excluding hydrogens is 508 g/mol. The molecule has 4 rings (SSSR count). The van der Waals surface area contributed by atoms with Gasteiger partial charge in [-0.25, -0.2) is 9.78 Å². The lowest BCUT2D eigenvalue weighted by molar-refractivity contribution is -0.124. The van der Waals surface area contributed by atoms with Gasteiger partial charge in [-0.3, -0.25) is 4.79 Å². The molecule has 2 aromatic carbocycles. The highest BCUT2D eigenvalue weighted by Gasteiger charge is 2.26. The van der Waals surface area contributed by atoms with Gasteiger partial charge in [0, 0.05) is 18.8 Å². The number of rotatable bonds is 4. The molecule has 1 aliphatic heterocycles. The average molecular weight is 545 g/mol. The van der Waals surface area contributed by atoms with Crippen LogP contribution in [0.25, 0.3) is 22.4 Å². The van der Waals surface area contributed by atoms with Crippen molar-refractivity contribution in [2.45, 2.75) is 44.2 Å². The normalized spacial score (nSPS) is 18.6. The lowest BCUT2D eigenvalue weighted by Crippen LogP contribution is -2.48. The first-order valence-electron chi connectivity index (χ1n) is 12.1. The van der Waals surface area contributed by atoms with E-state index in [1.165, 1.54) is 7.11 Å². The fourth-order valence-electron chi connectivity index (χ4n) is 4.21. The third kappa shape index (κ3) is 8.55. The van der Waals surface area contributed by atoms with E-state index in [0.717, 1.165) is 41.6 Å². The molecule has 8 nitrogen and oxygen atoms in total. The van der Waals surface area contributed by atoms with Crippen LogP contribution in [-0.2, 0) is 14.3 Å². The van der Waals surface area contributed by atoms with Gasteiger partial charge >= 0.3 is 6.09 Å². The minimum Gasteiger partial charge on any atom is -0.453 e. The first-order valence-corrected chi connectivity index (χ1v) is 12.1. The van der Waals surface area contributed by atoms with E-state index in [-0.39, 0.29) is 38.9 Å². The maximum atomic E-state index is 13.1. The Balaban J connectivity index is 0.00000241. The van der Waals surface area contributed by atoms with Crippen molar-refractivity contribution in [1.29, 1.82) is 0 Å². The Hall–Kier alpha value is -2.95. The highest BCUT2D eigenvalue weighted by Crippen LogP contribution is 2.26. The van der Waals surface area contributed by atoms with E-state index in [1.807, 2.05) is 30.3 Å². The van der Waals surface area contributed by atoms with Crippen LogP contribution in [0.1, 0.15) is 44.0 Å². The van der Waals surface area contributed by atoms with E-state index in [9.17, 15) is 9.59 Å². The third-order valence-corrected chi connectivity index (χ3v) is 6.15. The number of carbonyl (C=O) groups is 2. The number of aromatic amines is 1. The summed E-state index contributed by atoms with van der Waals surface area (Å²) in [6, 6.07) is 17.4. The summed E-state index contributed by atoms with van der Waals surface area (Å²) in [4.78, 5) is 32.8. The van der Waals surface area contributed by atoms with Crippen LogP contribution in [0.3, 0.4) is 0 Å². The van der Waals surface area contributed by atoms with Gasteiger partial charge in [-0.1, -0.05) is 61.4 Å². The number of ether oxygens (including phenoxy) is 2. The Kier molecular flexibility index (Phi) is 12.5. The van der Waals surface area contributed by atoms with E-state index in [0.29, 0.717) is 31.9 Å². The molecule has 1 saturated heterocycles. The number of hydrogen-bond donors (Lipinski definition) is 3. The highest BCUT2D eigenvalue weighted by molar-refractivity contribution is 7.59. The van der Waals surface area contributed by atoms with E-state index >= 15 is 0 Å². The monoisotopic (exact) mass is 544 g/mol. The largest absolute Gasteiger partial charge is 0.453 e. The predicted octanol–water partition coefficient (Wildman–Crippen LogP) is 4.83. The number of H-pyrrole nitrogens is 1. The number of benzene rings is 2. The Bertz CT molecular complexity index is 1130. The molecule has 0 saturated carbocycles. The third-order valence-electron chi connectivity index (χ3n) is 6.15. The van der Waals surface area contributed by atoms with Crippen LogP contribution in [0.15, 0.2) is 60.8 Å². The number of carbonyl (C=O) groups excluding carboxylic acids is 2. The molecule has 3 N–H and O–H groups in total. The zero-order valence-corrected chi connectivity index (χ0v) is 23.0. The summed E-state index contributed by atoms with van der Waals surface area (Å²) in [6.07, 6.45) is 4.91. The molecule has 0 spiro atoms. The quantitative estimate of drug-likeness (QED) is 0.436. The molecule has 0 unspecified atom stereocenters. The van der Waals surface area contributed by atoms with Crippen LogP contribution < -0.4 is 10.6 Å². The molecule has 0 radical (unpaired) electrons. The van der Waals surface area contributed by atoms with Crippen LogP contribution >= 0.6 is 27.0 Å². The smallest absolute Gasteiger partial charge is 0.407 e. The molecule has 1 fully saturated rings. The summed E-state index contributed by atoms with van der Waals surface area (Å²) in [5, 5.41) is 5.71. The molecule has 1 aromatic heterocycles. The van der Waals surface area contributed by atoms with E-state index < -0.39 is 12.1 Å². The van der Waals surface area contributed by atoms with Gasteiger partial charge in [-0.05, 0) is 36.5 Å². The number of alkyl carbamates (subject to hydrolysis) is 1. The molecule has 2 heterocycles. The molecule has 1 aliphatic rings. The Morgan fingerprint density at radius 3 is 2.51 bits per heavy atom. The number of amides is 2. The second kappa shape index (κ2) is 15.3. The van der Waals surface area contributed by atoms with Gasteiger partial charge in [0.1, 0.15) is 11.9 Å². The molecule has 3 aromatic rings. The van der Waals surface area contributed by atoms with Crippen molar-refractivity contribution in [1.82, 2.24) is 20.6 Å². The summed E-state index contributed by atoms with van der Waals surface area (Å²) in [6.45, 7) is 1.17. The number of imidazole rings is 1. The lowest BCUT2D eigenvalue weighted by Gasteiger charge is -2.23. The summed E-state index contributed by atoms with van der Waals surface area (Å²) < 4.78 is 10.5. The van der Waals surface area contributed by atoms with Gasteiger partial charge in [0.2, 0.25) is 5.91 Å². The maximum absolute atomic E-state index is 13.1. The minimum absolute atomic E-state index is 0. The molecule has 0 aliphatic carbocycles. The molecule has 200 valence electrons. The Labute approximate surface area is 231 Å². The van der Waals surface area contributed by atoms with Crippen LogP contribution in [0.5, 0.6) is 0 Å². The van der Waals surface area contributed by atoms with Crippen LogP contribution in [0.2, 0.25) is 0 Å². The van der Waals surface area contributed by atoms with Gasteiger partial charge in [0.05, 0.1) is 25.0 Å². The first kappa shape index (κ1) is 30.3. The van der Waals surface area contributed by atoms with Crippen molar-refractivity contribution in [3.63, 3.8) is 0 Å². The fraction of sp³-hybridized carbons (Fsp3) is 0.370. The van der Waals surface area contributed by atoms with Crippen molar-refractivity contribution < 1.29 is 19.1 Å². The van der Waals surface area contributed by atoms with Crippen molar-refractivity contribution in [3.8, 4) is 22.4 Å². The number of nitrogens with one attached hydrogen (secondary N) is 3. The number of hydrogen-bond acceptors (Lipinski definition) is 5. The summed E-state index contributed by atoms with van der Waals surface area (Å²) in [7, 11) is 1.29. The molecule has 2 atom stereocenters. The van der Waals surface area contributed by atoms with E-state index in [1.54, 1.807) is 6.20 Å². The summed E-state index contributed by atoms with van der Waals surface area (Å²) >= 11 is 0. The van der Waals surface area contributed by atoms with Crippen LogP contribution in [-0.4, -0.2) is 48.3 Å². The van der Waals surface area contributed by atoms with Gasteiger partial charge in [0.25, 0.3) is 0 Å². The number of methoxy groups -OCH3 is 1. The maximum Gasteiger partial charge on any atom is 0.407 e. The van der Waals surface area contributed by atoms with E-state index in [4.69, 9.17) is 9.47 Å².